The number of rotatable bonds is 6. The van der Waals surface area contributed by atoms with Gasteiger partial charge in [-0.15, -0.1) is 5.10 Å². The summed E-state index contributed by atoms with van der Waals surface area (Å²) in [5.74, 6) is 2.14. The minimum Gasteiger partial charge on any atom is -0.262 e. The Balaban J connectivity index is 1.50. The molecule has 2 aromatic rings. The number of halogens is 2. The van der Waals surface area contributed by atoms with Crippen LogP contribution in [0.1, 0.15) is 43.5 Å². The van der Waals surface area contributed by atoms with Crippen molar-refractivity contribution in [3.05, 3.63) is 40.4 Å². The van der Waals surface area contributed by atoms with Crippen molar-refractivity contribution < 1.29 is 4.39 Å². The Morgan fingerprint density at radius 3 is 2.91 bits per heavy atom. The first-order chi connectivity index (χ1) is 10.7. The Morgan fingerprint density at radius 2 is 2.14 bits per heavy atom. The van der Waals surface area contributed by atoms with Gasteiger partial charge in [-0.25, -0.2) is 9.37 Å². The summed E-state index contributed by atoms with van der Waals surface area (Å²) >= 11 is 7.53. The first-order valence-corrected chi connectivity index (χ1v) is 9.05. The van der Waals surface area contributed by atoms with E-state index in [2.05, 4.69) is 15.2 Å². The van der Waals surface area contributed by atoms with Gasteiger partial charge in [0.2, 0.25) is 5.16 Å². The normalized spacial score (nSPS) is 15.5. The van der Waals surface area contributed by atoms with Gasteiger partial charge >= 0.3 is 0 Å². The van der Waals surface area contributed by atoms with Crippen LogP contribution in [0.25, 0.3) is 0 Å². The molecule has 0 atom stereocenters. The molecule has 6 heteroatoms. The van der Waals surface area contributed by atoms with Gasteiger partial charge in [0, 0.05) is 17.2 Å². The van der Waals surface area contributed by atoms with Gasteiger partial charge in [0.15, 0.2) is 0 Å². The molecule has 1 fully saturated rings. The van der Waals surface area contributed by atoms with Crippen LogP contribution in [0.2, 0.25) is 5.02 Å². The topological polar surface area (TPSA) is 41.6 Å². The third-order valence-electron chi connectivity index (χ3n) is 4.15. The Bertz CT molecular complexity index is 626. The second kappa shape index (κ2) is 7.47. The van der Waals surface area contributed by atoms with Gasteiger partial charge in [0.05, 0.1) is 0 Å². The summed E-state index contributed by atoms with van der Waals surface area (Å²) in [5.41, 5.74) is 0.894. The molecule has 0 radical (unpaired) electrons. The van der Waals surface area contributed by atoms with Gasteiger partial charge < -0.3 is 0 Å². The maximum absolute atomic E-state index is 13.0. The molecule has 0 saturated heterocycles. The zero-order valence-corrected chi connectivity index (χ0v) is 13.9. The third kappa shape index (κ3) is 4.23. The highest BCUT2D eigenvalue weighted by atomic mass is 35.5. The number of nitrogens with zero attached hydrogens (tertiary/aromatic N) is 2. The number of benzene rings is 1. The van der Waals surface area contributed by atoms with Crippen molar-refractivity contribution in [1.82, 2.24) is 15.2 Å². The monoisotopic (exact) mass is 339 g/mol. The van der Waals surface area contributed by atoms with Crippen LogP contribution in [0.5, 0.6) is 0 Å². The fourth-order valence-electron chi connectivity index (χ4n) is 2.88. The molecule has 1 aromatic heterocycles. The summed E-state index contributed by atoms with van der Waals surface area (Å²) in [6.45, 7) is 0. The number of aryl methyl sites for hydroxylation is 1. The molecule has 22 heavy (non-hydrogen) atoms. The molecular weight excluding hydrogens is 321 g/mol. The van der Waals surface area contributed by atoms with Crippen molar-refractivity contribution in [3.8, 4) is 0 Å². The number of nitrogens with one attached hydrogen (secondary N) is 1. The second-order valence-electron chi connectivity index (χ2n) is 5.78. The standard InChI is InChI=1S/C16H19ClFN3S/c17-14-9-13(18)7-6-12(14)10-22-16-19-15(20-21-16)8-5-11-3-1-2-4-11/h6-7,9,11H,1-5,8,10H2,(H,19,20,21). The highest BCUT2D eigenvalue weighted by molar-refractivity contribution is 7.98. The lowest BCUT2D eigenvalue weighted by molar-refractivity contribution is 0.497. The van der Waals surface area contributed by atoms with E-state index in [9.17, 15) is 4.39 Å². The molecule has 1 heterocycles. The van der Waals surface area contributed by atoms with Gasteiger partial charge in [-0.05, 0) is 30.0 Å². The Hall–Kier alpha value is -1.07. The SMILES string of the molecule is Fc1ccc(CSc2n[nH]c(CCC3CCCC3)n2)c(Cl)c1. The van der Waals surface area contributed by atoms with Crippen molar-refractivity contribution in [2.45, 2.75) is 49.4 Å². The number of hydrogen-bond acceptors (Lipinski definition) is 3. The average molecular weight is 340 g/mol. The Morgan fingerprint density at radius 1 is 1.32 bits per heavy atom. The fraction of sp³-hybridized carbons (Fsp3) is 0.500. The van der Waals surface area contributed by atoms with Crippen LogP contribution in [-0.2, 0) is 12.2 Å². The summed E-state index contributed by atoms with van der Waals surface area (Å²) in [6.07, 6.45) is 7.64. The lowest BCUT2D eigenvalue weighted by Gasteiger charge is -2.05. The maximum Gasteiger partial charge on any atom is 0.208 e. The quantitative estimate of drug-likeness (QED) is 0.752. The molecule has 0 aliphatic heterocycles. The summed E-state index contributed by atoms with van der Waals surface area (Å²) in [7, 11) is 0. The van der Waals surface area contributed by atoms with Crippen molar-refractivity contribution in [2.24, 2.45) is 5.92 Å². The van der Waals surface area contributed by atoms with Crippen LogP contribution < -0.4 is 0 Å². The Labute approximate surface area is 139 Å². The highest BCUT2D eigenvalue weighted by Gasteiger charge is 2.15. The molecule has 1 saturated carbocycles. The molecule has 1 N–H and O–H groups in total. The zero-order chi connectivity index (χ0) is 15.4. The lowest BCUT2D eigenvalue weighted by atomic mass is 10.0. The molecule has 1 aliphatic rings. The third-order valence-corrected chi connectivity index (χ3v) is 5.40. The number of aromatic amines is 1. The second-order valence-corrected chi connectivity index (χ2v) is 7.13. The average Bonchev–Trinajstić information content (AvgIpc) is 3.16. The van der Waals surface area contributed by atoms with Gasteiger partial charge in [-0.3, -0.25) is 5.10 Å². The molecule has 0 bridgehead atoms. The van der Waals surface area contributed by atoms with Gasteiger partial charge in [-0.2, -0.15) is 0 Å². The van der Waals surface area contributed by atoms with Crippen LogP contribution in [0, 0.1) is 11.7 Å². The van der Waals surface area contributed by atoms with E-state index in [1.807, 2.05) is 0 Å². The van der Waals surface area contributed by atoms with Crippen molar-refractivity contribution >= 4 is 23.4 Å². The van der Waals surface area contributed by atoms with Crippen LogP contribution >= 0.6 is 23.4 Å². The minimum absolute atomic E-state index is 0.314. The van der Waals surface area contributed by atoms with E-state index in [0.717, 1.165) is 28.9 Å². The van der Waals surface area contributed by atoms with E-state index in [-0.39, 0.29) is 5.82 Å². The van der Waals surface area contributed by atoms with E-state index in [1.165, 1.54) is 56.0 Å². The van der Waals surface area contributed by atoms with E-state index in [1.54, 1.807) is 6.07 Å². The summed E-state index contributed by atoms with van der Waals surface area (Å²) in [4.78, 5) is 4.51. The first-order valence-electron chi connectivity index (χ1n) is 7.69. The summed E-state index contributed by atoms with van der Waals surface area (Å²) in [6, 6.07) is 4.47. The first kappa shape index (κ1) is 15.8. The summed E-state index contributed by atoms with van der Waals surface area (Å²) in [5, 5.41) is 8.42. The molecular formula is C16H19ClFN3S. The maximum atomic E-state index is 13.0. The Kier molecular flexibility index (Phi) is 5.37. The largest absolute Gasteiger partial charge is 0.262 e. The predicted molar refractivity (Wildman–Crippen MR) is 87.6 cm³/mol. The molecule has 3 nitrogen and oxygen atoms in total. The van der Waals surface area contributed by atoms with E-state index in [4.69, 9.17) is 11.6 Å². The predicted octanol–water partition coefficient (Wildman–Crippen LogP) is 5.01. The summed E-state index contributed by atoms with van der Waals surface area (Å²) < 4.78 is 13.0. The molecule has 0 spiro atoms. The molecule has 3 rings (SSSR count). The van der Waals surface area contributed by atoms with Crippen molar-refractivity contribution in [1.29, 1.82) is 0 Å². The smallest absolute Gasteiger partial charge is 0.208 e. The van der Waals surface area contributed by atoms with E-state index < -0.39 is 0 Å². The highest BCUT2D eigenvalue weighted by Crippen LogP contribution is 2.29. The number of hydrogen-bond donors (Lipinski definition) is 1. The van der Waals surface area contributed by atoms with Crippen LogP contribution in [-0.4, -0.2) is 15.2 Å². The van der Waals surface area contributed by atoms with Crippen LogP contribution in [0.4, 0.5) is 4.39 Å². The molecule has 0 unspecified atom stereocenters. The molecule has 118 valence electrons. The molecule has 1 aromatic carbocycles. The lowest BCUT2D eigenvalue weighted by Crippen LogP contribution is -1.97. The van der Waals surface area contributed by atoms with Gasteiger partial charge in [0.1, 0.15) is 11.6 Å². The van der Waals surface area contributed by atoms with Crippen molar-refractivity contribution in [3.63, 3.8) is 0 Å². The van der Waals surface area contributed by atoms with Crippen LogP contribution in [0.3, 0.4) is 0 Å². The van der Waals surface area contributed by atoms with E-state index >= 15 is 0 Å². The number of H-pyrrole nitrogens is 1. The number of thioether (sulfide) groups is 1. The molecule has 0 amide bonds. The minimum atomic E-state index is -0.314. The van der Waals surface area contributed by atoms with E-state index in [0.29, 0.717) is 10.8 Å². The van der Waals surface area contributed by atoms with Gasteiger partial charge in [0.25, 0.3) is 0 Å². The molecule has 1 aliphatic carbocycles. The number of aromatic nitrogens is 3. The zero-order valence-electron chi connectivity index (χ0n) is 12.3. The van der Waals surface area contributed by atoms with Crippen molar-refractivity contribution in [2.75, 3.05) is 0 Å². The fourth-order valence-corrected chi connectivity index (χ4v) is 4.01. The van der Waals surface area contributed by atoms with Gasteiger partial charge in [-0.1, -0.05) is 55.1 Å². The van der Waals surface area contributed by atoms with Crippen LogP contribution in [0.15, 0.2) is 23.4 Å².